The maximum absolute atomic E-state index is 15.3. The molecule has 0 radical (unpaired) electrons. The summed E-state index contributed by atoms with van der Waals surface area (Å²) in [4.78, 5) is 43.5. The van der Waals surface area contributed by atoms with E-state index >= 15 is 4.39 Å². The minimum Gasteiger partial charge on any atom is -0.322 e. The van der Waals surface area contributed by atoms with Crippen molar-refractivity contribution in [2.75, 3.05) is 19.6 Å². The number of benzene rings is 2. The largest absolute Gasteiger partial charge is 0.322 e. The Morgan fingerprint density at radius 3 is 2.49 bits per heavy atom. The summed E-state index contributed by atoms with van der Waals surface area (Å²) in [6, 6.07) is 11.6. The molecule has 0 aromatic heterocycles. The summed E-state index contributed by atoms with van der Waals surface area (Å²) in [6.07, 6.45) is 5.04. The molecule has 3 amide bonds. The second-order valence-electron chi connectivity index (χ2n) is 13.8. The van der Waals surface area contributed by atoms with Crippen molar-refractivity contribution < 1.29 is 18.8 Å². The van der Waals surface area contributed by atoms with Gasteiger partial charge in [-0.1, -0.05) is 43.2 Å². The maximum Gasteiger partial charge on any atom is 0.255 e. The van der Waals surface area contributed by atoms with Crippen LogP contribution in [0.1, 0.15) is 79.4 Å². The van der Waals surface area contributed by atoms with Crippen molar-refractivity contribution in [1.82, 2.24) is 20.0 Å². The van der Waals surface area contributed by atoms with Crippen LogP contribution < -0.4 is 5.32 Å². The van der Waals surface area contributed by atoms with E-state index in [0.29, 0.717) is 36.2 Å². The van der Waals surface area contributed by atoms with E-state index in [1.807, 2.05) is 12.1 Å². The number of rotatable bonds is 6. The van der Waals surface area contributed by atoms with E-state index in [9.17, 15) is 14.4 Å². The van der Waals surface area contributed by atoms with Crippen LogP contribution in [0.15, 0.2) is 42.0 Å². The number of allylic oxidation sites excluding steroid dienone is 1. The second-order valence-corrected chi connectivity index (χ2v) is 14.3. The lowest BCUT2D eigenvalue weighted by atomic mass is 9.72. The third-order valence-electron chi connectivity index (χ3n) is 10.3. The van der Waals surface area contributed by atoms with Crippen LogP contribution in [-0.4, -0.2) is 70.2 Å². The Hall–Kier alpha value is -3.07. The Bertz CT molecular complexity index is 1520. The molecule has 7 nitrogen and oxygen atoms in total. The summed E-state index contributed by atoms with van der Waals surface area (Å²) in [5.41, 5.74) is 6.23. The molecule has 2 aromatic carbocycles. The Morgan fingerprint density at radius 1 is 1.02 bits per heavy atom. The fourth-order valence-corrected chi connectivity index (χ4v) is 7.97. The quantitative estimate of drug-likeness (QED) is 0.461. The molecule has 6 aliphatic rings. The minimum absolute atomic E-state index is 0.197. The molecule has 9 heteroatoms. The van der Waals surface area contributed by atoms with Gasteiger partial charge in [0.05, 0.1) is 0 Å². The van der Waals surface area contributed by atoms with E-state index in [1.54, 1.807) is 11.6 Å². The summed E-state index contributed by atoms with van der Waals surface area (Å²) < 4.78 is 15.3. The number of piperazine rings is 1. The van der Waals surface area contributed by atoms with E-state index in [4.69, 9.17) is 11.6 Å². The molecule has 226 valence electrons. The topological polar surface area (TPSA) is 73.0 Å². The van der Waals surface area contributed by atoms with E-state index in [1.165, 1.54) is 34.9 Å². The molecular formula is C34H38ClFN4O3. The summed E-state index contributed by atoms with van der Waals surface area (Å²) in [5.74, 6) is -1.50. The number of piperidine rings is 2. The molecular weight excluding hydrogens is 567 g/mol. The zero-order chi connectivity index (χ0) is 30.0. The van der Waals surface area contributed by atoms with Crippen LogP contribution in [0.2, 0.25) is 5.02 Å². The number of carbonyl (C=O) groups excluding carboxylic acids is 3. The Balaban J connectivity index is 1.02. The predicted molar refractivity (Wildman–Crippen MR) is 163 cm³/mol. The molecule has 2 aromatic rings. The average molecular weight is 605 g/mol. The van der Waals surface area contributed by atoms with Gasteiger partial charge in [0.25, 0.3) is 5.91 Å². The molecule has 8 rings (SSSR count). The molecule has 5 heterocycles. The summed E-state index contributed by atoms with van der Waals surface area (Å²) >= 11 is 6.19. The predicted octanol–water partition coefficient (Wildman–Crippen LogP) is 5.16. The normalized spacial score (nSPS) is 27.3. The van der Waals surface area contributed by atoms with Gasteiger partial charge in [-0.3, -0.25) is 29.5 Å². The molecule has 43 heavy (non-hydrogen) atoms. The highest BCUT2D eigenvalue weighted by Crippen LogP contribution is 2.45. The zero-order valence-electron chi connectivity index (χ0n) is 24.8. The van der Waals surface area contributed by atoms with Gasteiger partial charge in [0.1, 0.15) is 11.9 Å². The Morgan fingerprint density at radius 2 is 1.77 bits per heavy atom. The van der Waals surface area contributed by atoms with Gasteiger partial charge in [0.15, 0.2) is 0 Å². The average Bonchev–Trinajstić information content (AvgIpc) is 3.27. The van der Waals surface area contributed by atoms with Gasteiger partial charge in [-0.15, -0.1) is 0 Å². The van der Waals surface area contributed by atoms with E-state index in [2.05, 4.69) is 41.1 Å². The number of hydrogen-bond acceptors (Lipinski definition) is 5. The molecule has 0 saturated carbocycles. The Labute approximate surface area is 257 Å². The highest BCUT2D eigenvalue weighted by Gasteiger charge is 2.45. The lowest BCUT2D eigenvalue weighted by molar-refractivity contribution is -0.136. The van der Waals surface area contributed by atoms with Crippen molar-refractivity contribution in [3.05, 3.63) is 75.1 Å². The van der Waals surface area contributed by atoms with Crippen molar-refractivity contribution in [3.63, 3.8) is 0 Å². The SMILES string of the molecule is CC1(C)CCC(CN2C3CC2CN(Cc2cc4c(cc2F)C(=O)N(C2CCC(=O)NC2=O)C4)C3)=C(c2ccc(Cl)cc2)C1. The van der Waals surface area contributed by atoms with Gasteiger partial charge in [-0.25, -0.2) is 4.39 Å². The third-order valence-corrected chi connectivity index (χ3v) is 10.5. The molecule has 3 atom stereocenters. The number of amides is 3. The van der Waals surface area contributed by atoms with Crippen molar-refractivity contribution in [3.8, 4) is 0 Å². The summed E-state index contributed by atoms with van der Waals surface area (Å²) in [6.45, 7) is 8.25. The first-order chi connectivity index (χ1) is 20.5. The molecule has 0 spiro atoms. The fourth-order valence-electron chi connectivity index (χ4n) is 7.85. The van der Waals surface area contributed by atoms with Crippen LogP contribution in [0, 0.1) is 11.2 Å². The van der Waals surface area contributed by atoms with Crippen LogP contribution in [0.3, 0.4) is 0 Å². The van der Waals surface area contributed by atoms with Crippen molar-refractivity contribution >= 4 is 34.9 Å². The van der Waals surface area contributed by atoms with E-state index in [-0.39, 0.29) is 36.0 Å². The van der Waals surface area contributed by atoms with Crippen molar-refractivity contribution in [2.45, 2.75) is 83.6 Å². The number of fused-ring (bicyclic) bond motifs is 3. The first-order valence-electron chi connectivity index (χ1n) is 15.5. The Kier molecular flexibility index (Phi) is 7.22. The smallest absolute Gasteiger partial charge is 0.255 e. The first kappa shape index (κ1) is 28.7. The lowest BCUT2D eigenvalue weighted by Crippen LogP contribution is -2.68. The van der Waals surface area contributed by atoms with E-state index in [0.717, 1.165) is 43.1 Å². The van der Waals surface area contributed by atoms with Crippen LogP contribution >= 0.6 is 11.6 Å². The van der Waals surface area contributed by atoms with Gasteiger partial charge in [0, 0.05) is 67.4 Å². The molecule has 3 unspecified atom stereocenters. The lowest BCUT2D eigenvalue weighted by Gasteiger charge is -2.57. The number of carbonyl (C=O) groups is 3. The summed E-state index contributed by atoms with van der Waals surface area (Å²) in [7, 11) is 0. The monoisotopic (exact) mass is 604 g/mol. The number of halogens is 2. The standard InChI is InChI=1S/C34H38ClFN4O3/c1-34(2)10-9-21(28(14-34)20-3-5-24(35)6-4-20)16-39-25-12-26(39)19-38(18-25)15-23-11-22-17-40(33(43)27(22)13-29(23)36)30-7-8-31(41)37-32(30)42/h3-6,11,13,25-26,30H,7-10,12,14-19H2,1-2H3,(H,37,41,42). The third kappa shape index (κ3) is 5.42. The maximum atomic E-state index is 15.3. The minimum atomic E-state index is -0.699. The van der Waals surface area contributed by atoms with Gasteiger partial charge in [0.2, 0.25) is 11.8 Å². The van der Waals surface area contributed by atoms with Crippen molar-refractivity contribution in [1.29, 1.82) is 0 Å². The number of nitrogens with zero attached hydrogens (tertiary/aromatic N) is 3. The second kappa shape index (κ2) is 10.8. The number of imide groups is 1. The summed E-state index contributed by atoms with van der Waals surface area (Å²) in [5, 5.41) is 3.08. The molecule has 1 N–H and O–H groups in total. The van der Waals surface area contributed by atoms with Crippen LogP contribution in [-0.2, 0) is 22.7 Å². The number of hydrogen-bond donors (Lipinski definition) is 1. The fraction of sp³-hybridized carbons (Fsp3) is 0.500. The van der Waals surface area contributed by atoms with Crippen LogP contribution in [0.25, 0.3) is 5.57 Å². The van der Waals surface area contributed by atoms with E-state index < -0.39 is 11.9 Å². The zero-order valence-corrected chi connectivity index (χ0v) is 25.6. The van der Waals surface area contributed by atoms with Gasteiger partial charge < -0.3 is 4.90 Å². The molecule has 4 fully saturated rings. The van der Waals surface area contributed by atoms with Gasteiger partial charge in [-0.2, -0.15) is 0 Å². The molecule has 5 aliphatic heterocycles. The van der Waals surface area contributed by atoms with Gasteiger partial charge >= 0.3 is 0 Å². The molecule has 2 bridgehead atoms. The van der Waals surface area contributed by atoms with Crippen LogP contribution in [0.5, 0.6) is 0 Å². The molecule has 4 saturated heterocycles. The first-order valence-corrected chi connectivity index (χ1v) is 15.8. The highest BCUT2D eigenvalue weighted by atomic mass is 35.5. The number of nitrogens with one attached hydrogen (secondary N) is 1. The van der Waals surface area contributed by atoms with Gasteiger partial charge in [-0.05, 0) is 78.5 Å². The highest BCUT2D eigenvalue weighted by molar-refractivity contribution is 6.30. The van der Waals surface area contributed by atoms with Crippen molar-refractivity contribution in [2.24, 2.45) is 5.41 Å². The molecule has 1 aliphatic carbocycles. The van der Waals surface area contributed by atoms with Crippen LogP contribution in [0.4, 0.5) is 4.39 Å².